The number of nitrogens with zero attached hydrogens (tertiary/aromatic N) is 1. The highest BCUT2D eigenvalue weighted by Gasteiger charge is 2.25. The summed E-state index contributed by atoms with van der Waals surface area (Å²) in [6.07, 6.45) is 1.09. The maximum atomic E-state index is 10.9. The summed E-state index contributed by atoms with van der Waals surface area (Å²) in [4.78, 5) is 13.3. The monoisotopic (exact) mass is 198 g/mol. The molecule has 1 unspecified atom stereocenters. The summed E-state index contributed by atoms with van der Waals surface area (Å²) in [5.41, 5.74) is 0.352. The Morgan fingerprint density at radius 3 is 2.64 bits per heavy atom. The fraction of sp³-hybridized carbons (Fsp3) is 0.909. The van der Waals surface area contributed by atoms with Crippen LogP contribution >= 0.6 is 0 Å². The van der Waals surface area contributed by atoms with Crippen LogP contribution in [0.4, 0.5) is 0 Å². The van der Waals surface area contributed by atoms with Crippen LogP contribution in [0.5, 0.6) is 0 Å². The van der Waals surface area contributed by atoms with Gasteiger partial charge in [0.15, 0.2) is 0 Å². The van der Waals surface area contributed by atoms with Gasteiger partial charge in [0.25, 0.3) is 0 Å². The summed E-state index contributed by atoms with van der Waals surface area (Å²) in [5.74, 6) is 0.0904. The lowest BCUT2D eigenvalue weighted by molar-refractivity contribution is -0.119. The van der Waals surface area contributed by atoms with Gasteiger partial charge in [-0.25, -0.2) is 0 Å². The molecule has 82 valence electrons. The molecule has 1 aliphatic rings. The average molecular weight is 198 g/mol. The van der Waals surface area contributed by atoms with Crippen molar-refractivity contribution in [1.82, 2.24) is 10.2 Å². The normalized spacial score (nSPS) is 23.9. The second-order valence-corrected chi connectivity index (χ2v) is 5.48. The molecule has 1 aliphatic heterocycles. The number of nitrogens with one attached hydrogen (secondary N) is 1. The van der Waals surface area contributed by atoms with Gasteiger partial charge in [0.2, 0.25) is 5.91 Å². The predicted molar refractivity (Wildman–Crippen MR) is 58.1 cm³/mol. The molecule has 0 spiro atoms. The number of carbonyl (C=O) groups excluding carboxylic acids is 1. The van der Waals surface area contributed by atoms with Gasteiger partial charge >= 0.3 is 0 Å². The molecule has 1 N–H and O–H groups in total. The summed E-state index contributed by atoms with van der Waals surface area (Å²) in [7, 11) is 0. The quantitative estimate of drug-likeness (QED) is 0.724. The minimum Gasteiger partial charge on any atom is -0.352 e. The van der Waals surface area contributed by atoms with E-state index in [4.69, 9.17) is 0 Å². The van der Waals surface area contributed by atoms with Crippen molar-refractivity contribution in [1.29, 1.82) is 0 Å². The molecule has 0 radical (unpaired) electrons. The zero-order valence-electron chi connectivity index (χ0n) is 9.76. The Labute approximate surface area is 86.9 Å². The molecule has 0 aromatic rings. The maximum Gasteiger partial charge on any atom is 0.217 e. The fourth-order valence-electron chi connectivity index (χ4n) is 2.05. The average Bonchev–Trinajstić information content (AvgIpc) is 2.30. The van der Waals surface area contributed by atoms with Crippen molar-refractivity contribution in [2.24, 2.45) is 5.41 Å². The molecule has 1 rings (SSSR count). The third-order valence-electron chi connectivity index (χ3n) is 2.38. The molecular weight excluding hydrogens is 176 g/mol. The lowest BCUT2D eigenvalue weighted by Crippen LogP contribution is -2.37. The Kier molecular flexibility index (Phi) is 3.53. The van der Waals surface area contributed by atoms with Crippen LogP contribution in [0, 0.1) is 5.41 Å². The van der Waals surface area contributed by atoms with E-state index in [0.29, 0.717) is 11.5 Å². The van der Waals surface area contributed by atoms with Crippen LogP contribution in [0.3, 0.4) is 0 Å². The second-order valence-electron chi connectivity index (χ2n) is 5.48. The van der Waals surface area contributed by atoms with E-state index in [2.05, 4.69) is 31.0 Å². The zero-order chi connectivity index (χ0) is 10.8. The zero-order valence-corrected chi connectivity index (χ0v) is 9.76. The minimum atomic E-state index is 0.0904. The molecule has 0 aromatic carbocycles. The van der Waals surface area contributed by atoms with Crippen molar-refractivity contribution in [3.05, 3.63) is 0 Å². The fourth-order valence-corrected chi connectivity index (χ4v) is 2.05. The molecular formula is C11H22N2O. The van der Waals surface area contributed by atoms with Gasteiger partial charge < -0.3 is 10.2 Å². The van der Waals surface area contributed by atoms with Gasteiger partial charge in [0.1, 0.15) is 0 Å². The van der Waals surface area contributed by atoms with Gasteiger partial charge in [-0.05, 0) is 11.8 Å². The summed E-state index contributed by atoms with van der Waals surface area (Å²) in [6, 6.07) is 0.370. The van der Waals surface area contributed by atoms with Gasteiger partial charge in [0, 0.05) is 32.6 Å². The first kappa shape index (κ1) is 11.5. The Morgan fingerprint density at radius 1 is 1.50 bits per heavy atom. The van der Waals surface area contributed by atoms with Crippen molar-refractivity contribution < 1.29 is 4.79 Å². The van der Waals surface area contributed by atoms with Crippen LogP contribution in [0.25, 0.3) is 0 Å². The molecule has 1 atom stereocenters. The first-order valence-electron chi connectivity index (χ1n) is 5.36. The highest BCUT2D eigenvalue weighted by Crippen LogP contribution is 2.19. The van der Waals surface area contributed by atoms with Crippen molar-refractivity contribution in [3.63, 3.8) is 0 Å². The van der Waals surface area contributed by atoms with Gasteiger partial charge in [0.05, 0.1) is 0 Å². The number of likely N-dealkylation sites (tertiary alicyclic amines) is 1. The number of hydrogen-bond donors (Lipinski definition) is 1. The molecule has 0 aliphatic carbocycles. The van der Waals surface area contributed by atoms with Crippen molar-refractivity contribution in [2.75, 3.05) is 19.6 Å². The van der Waals surface area contributed by atoms with Crippen LogP contribution in [-0.2, 0) is 4.79 Å². The van der Waals surface area contributed by atoms with Gasteiger partial charge in [-0.15, -0.1) is 0 Å². The van der Waals surface area contributed by atoms with E-state index in [1.807, 2.05) is 0 Å². The Balaban J connectivity index is 2.31. The van der Waals surface area contributed by atoms with E-state index in [1.165, 1.54) is 0 Å². The molecule has 1 heterocycles. The molecule has 0 aromatic heterocycles. The van der Waals surface area contributed by atoms with E-state index in [0.717, 1.165) is 26.1 Å². The SMILES string of the molecule is CC(=O)NC1CCN(CC(C)(C)C)C1. The molecule has 3 heteroatoms. The number of carbonyl (C=O) groups is 1. The summed E-state index contributed by atoms with van der Waals surface area (Å²) in [5, 5.41) is 2.98. The van der Waals surface area contributed by atoms with Crippen LogP contribution < -0.4 is 5.32 Å². The van der Waals surface area contributed by atoms with Crippen LogP contribution in [0.1, 0.15) is 34.1 Å². The Hall–Kier alpha value is -0.570. The standard InChI is InChI=1S/C11H22N2O/c1-9(14)12-10-5-6-13(7-10)8-11(2,3)4/h10H,5-8H2,1-4H3,(H,12,14). The van der Waals surface area contributed by atoms with Crippen molar-refractivity contribution >= 4 is 5.91 Å². The van der Waals surface area contributed by atoms with E-state index < -0.39 is 0 Å². The first-order valence-corrected chi connectivity index (χ1v) is 5.36. The van der Waals surface area contributed by atoms with Gasteiger partial charge in [-0.3, -0.25) is 4.79 Å². The van der Waals surface area contributed by atoms with Gasteiger partial charge in [-0.2, -0.15) is 0 Å². The molecule has 3 nitrogen and oxygen atoms in total. The lowest BCUT2D eigenvalue weighted by Gasteiger charge is -2.26. The van der Waals surface area contributed by atoms with Crippen LogP contribution in [0.15, 0.2) is 0 Å². The highest BCUT2D eigenvalue weighted by atomic mass is 16.1. The molecule has 14 heavy (non-hydrogen) atoms. The van der Waals surface area contributed by atoms with E-state index in [9.17, 15) is 4.79 Å². The number of hydrogen-bond acceptors (Lipinski definition) is 2. The lowest BCUT2D eigenvalue weighted by atomic mass is 9.96. The van der Waals surface area contributed by atoms with E-state index in [1.54, 1.807) is 6.92 Å². The second kappa shape index (κ2) is 4.30. The topological polar surface area (TPSA) is 32.3 Å². The molecule has 1 amide bonds. The minimum absolute atomic E-state index is 0.0904. The molecule has 1 fully saturated rings. The van der Waals surface area contributed by atoms with E-state index >= 15 is 0 Å². The number of rotatable bonds is 2. The van der Waals surface area contributed by atoms with Crippen molar-refractivity contribution in [3.8, 4) is 0 Å². The maximum absolute atomic E-state index is 10.9. The summed E-state index contributed by atoms with van der Waals surface area (Å²) < 4.78 is 0. The van der Waals surface area contributed by atoms with Crippen LogP contribution in [0.2, 0.25) is 0 Å². The third-order valence-corrected chi connectivity index (χ3v) is 2.38. The predicted octanol–water partition coefficient (Wildman–Crippen LogP) is 1.24. The molecule has 1 saturated heterocycles. The molecule has 0 saturated carbocycles. The summed E-state index contributed by atoms with van der Waals surface area (Å²) >= 11 is 0. The Morgan fingerprint density at radius 2 is 2.14 bits per heavy atom. The Bertz CT molecular complexity index is 208. The van der Waals surface area contributed by atoms with Crippen molar-refractivity contribution in [2.45, 2.75) is 40.2 Å². The molecule has 0 bridgehead atoms. The first-order chi connectivity index (χ1) is 6.37. The largest absolute Gasteiger partial charge is 0.352 e. The highest BCUT2D eigenvalue weighted by molar-refractivity contribution is 5.73. The van der Waals surface area contributed by atoms with E-state index in [-0.39, 0.29) is 5.91 Å². The summed E-state index contributed by atoms with van der Waals surface area (Å²) in [6.45, 7) is 11.6. The smallest absolute Gasteiger partial charge is 0.217 e. The van der Waals surface area contributed by atoms with Crippen LogP contribution in [-0.4, -0.2) is 36.5 Å². The number of amides is 1. The third kappa shape index (κ3) is 4.09. The van der Waals surface area contributed by atoms with Gasteiger partial charge in [-0.1, -0.05) is 20.8 Å².